The van der Waals surface area contributed by atoms with Gasteiger partial charge >= 0.3 is 0 Å². The van der Waals surface area contributed by atoms with Crippen molar-refractivity contribution in [3.05, 3.63) is 71.4 Å². The Labute approximate surface area is 113 Å². The van der Waals surface area contributed by atoms with Crippen LogP contribution in [0.25, 0.3) is 10.9 Å². The van der Waals surface area contributed by atoms with Gasteiger partial charge in [0.1, 0.15) is 0 Å². The molecule has 1 heterocycles. The molecule has 0 aliphatic carbocycles. The number of aromatic nitrogens is 1. The molecule has 2 heteroatoms. The molecule has 0 aliphatic rings. The van der Waals surface area contributed by atoms with E-state index in [2.05, 4.69) is 60.6 Å². The highest BCUT2D eigenvalue weighted by molar-refractivity contribution is 5.84. The SMILES string of the molecule is Cc1ccc([C@@H](CN)c2c[nH]c3ccccc23)cc1. The van der Waals surface area contributed by atoms with Crippen molar-refractivity contribution >= 4 is 10.9 Å². The molecular weight excluding hydrogens is 232 g/mol. The minimum atomic E-state index is 0.247. The summed E-state index contributed by atoms with van der Waals surface area (Å²) in [5.74, 6) is 0.247. The van der Waals surface area contributed by atoms with Gasteiger partial charge < -0.3 is 10.7 Å². The van der Waals surface area contributed by atoms with E-state index in [9.17, 15) is 0 Å². The number of benzene rings is 2. The van der Waals surface area contributed by atoms with Gasteiger partial charge in [-0.15, -0.1) is 0 Å². The van der Waals surface area contributed by atoms with Crippen LogP contribution in [-0.2, 0) is 0 Å². The number of nitrogens with two attached hydrogens (primary N) is 1. The Balaban J connectivity index is 2.09. The lowest BCUT2D eigenvalue weighted by molar-refractivity contribution is 0.825. The standard InChI is InChI=1S/C17H18N2/c1-12-6-8-13(9-7-12)15(10-18)16-11-19-17-5-3-2-4-14(16)17/h2-9,11,15,19H,10,18H2,1H3/t15-/m1/s1. The van der Waals surface area contributed by atoms with Crippen molar-refractivity contribution in [2.24, 2.45) is 5.73 Å². The molecule has 0 radical (unpaired) electrons. The molecule has 2 nitrogen and oxygen atoms in total. The van der Waals surface area contributed by atoms with E-state index in [0.29, 0.717) is 6.54 Å². The van der Waals surface area contributed by atoms with Crippen LogP contribution in [0.4, 0.5) is 0 Å². The highest BCUT2D eigenvalue weighted by Crippen LogP contribution is 2.30. The summed E-state index contributed by atoms with van der Waals surface area (Å²) in [6.45, 7) is 2.72. The van der Waals surface area contributed by atoms with Gasteiger partial charge in [0, 0.05) is 29.6 Å². The van der Waals surface area contributed by atoms with E-state index in [1.54, 1.807) is 0 Å². The zero-order valence-electron chi connectivity index (χ0n) is 11.1. The van der Waals surface area contributed by atoms with Crippen LogP contribution >= 0.6 is 0 Å². The number of rotatable bonds is 3. The quantitative estimate of drug-likeness (QED) is 0.733. The van der Waals surface area contributed by atoms with Crippen molar-refractivity contribution in [2.45, 2.75) is 12.8 Å². The molecule has 3 N–H and O–H groups in total. The van der Waals surface area contributed by atoms with Gasteiger partial charge in [-0.25, -0.2) is 0 Å². The average molecular weight is 250 g/mol. The molecule has 0 unspecified atom stereocenters. The van der Waals surface area contributed by atoms with Gasteiger partial charge in [-0.1, -0.05) is 48.0 Å². The average Bonchev–Trinajstić information content (AvgIpc) is 2.86. The van der Waals surface area contributed by atoms with Crippen molar-refractivity contribution < 1.29 is 0 Å². The molecule has 96 valence electrons. The summed E-state index contributed by atoms with van der Waals surface area (Å²) in [6.07, 6.45) is 2.09. The normalized spacial score (nSPS) is 12.7. The molecular formula is C17H18N2. The first kappa shape index (κ1) is 12.0. The fraction of sp³-hybridized carbons (Fsp3) is 0.176. The second-order valence-electron chi connectivity index (χ2n) is 4.99. The Hall–Kier alpha value is -2.06. The minimum absolute atomic E-state index is 0.247. The zero-order chi connectivity index (χ0) is 13.2. The van der Waals surface area contributed by atoms with E-state index in [0.717, 1.165) is 0 Å². The lowest BCUT2D eigenvalue weighted by Crippen LogP contribution is -2.13. The fourth-order valence-electron chi connectivity index (χ4n) is 2.62. The maximum Gasteiger partial charge on any atom is 0.0457 e. The van der Waals surface area contributed by atoms with Gasteiger partial charge in [-0.2, -0.15) is 0 Å². The predicted molar refractivity (Wildman–Crippen MR) is 80.4 cm³/mol. The molecule has 0 spiro atoms. The van der Waals surface area contributed by atoms with Crippen molar-refractivity contribution in [3.8, 4) is 0 Å². The molecule has 3 rings (SSSR count). The van der Waals surface area contributed by atoms with Crippen LogP contribution in [0.5, 0.6) is 0 Å². The van der Waals surface area contributed by atoms with Gasteiger partial charge in [-0.3, -0.25) is 0 Å². The number of para-hydroxylation sites is 1. The number of nitrogens with one attached hydrogen (secondary N) is 1. The third-order valence-corrected chi connectivity index (χ3v) is 3.71. The van der Waals surface area contributed by atoms with Crippen LogP contribution in [0.1, 0.15) is 22.6 Å². The second kappa shape index (κ2) is 4.90. The third-order valence-electron chi connectivity index (χ3n) is 3.71. The summed E-state index contributed by atoms with van der Waals surface area (Å²) in [4.78, 5) is 3.33. The Kier molecular flexibility index (Phi) is 3.10. The fourth-order valence-corrected chi connectivity index (χ4v) is 2.62. The number of hydrogen-bond donors (Lipinski definition) is 2. The summed E-state index contributed by atoms with van der Waals surface area (Å²) in [5, 5.41) is 1.26. The molecule has 0 aliphatic heterocycles. The molecule has 2 aromatic carbocycles. The van der Waals surface area contributed by atoms with Crippen LogP contribution in [0.3, 0.4) is 0 Å². The highest BCUT2D eigenvalue weighted by Gasteiger charge is 2.16. The molecule has 3 aromatic rings. The van der Waals surface area contributed by atoms with Crippen molar-refractivity contribution in [2.75, 3.05) is 6.54 Å². The van der Waals surface area contributed by atoms with E-state index >= 15 is 0 Å². The summed E-state index contributed by atoms with van der Waals surface area (Å²) in [5.41, 5.74) is 11.0. The first-order valence-corrected chi connectivity index (χ1v) is 6.62. The molecule has 1 atom stereocenters. The zero-order valence-corrected chi connectivity index (χ0v) is 11.1. The number of fused-ring (bicyclic) bond motifs is 1. The molecule has 19 heavy (non-hydrogen) atoms. The summed E-state index contributed by atoms with van der Waals surface area (Å²) >= 11 is 0. The van der Waals surface area contributed by atoms with Crippen LogP contribution < -0.4 is 5.73 Å². The maximum absolute atomic E-state index is 6.01. The Morgan fingerprint density at radius 3 is 2.53 bits per heavy atom. The van der Waals surface area contributed by atoms with Crippen molar-refractivity contribution in [1.82, 2.24) is 4.98 Å². The monoisotopic (exact) mass is 250 g/mol. The largest absolute Gasteiger partial charge is 0.361 e. The van der Waals surface area contributed by atoms with E-state index < -0.39 is 0 Å². The smallest absolute Gasteiger partial charge is 0.0457 e. The molecule has 0 fully saturated rings. The maximum atomic E-state index is 6.01. The van der Waals surface area contributed by atoms with Gasteiger partial charge in [0.25, 0.3) is 0 Å². The molecule has 0 saturated carbocycles. The van der Waals surface area contributed by atoms with Gasteiger partial charge in [0.2, 0.25) is 0 Å². The Bertz CT molecular complexity index is 680. The lowest BCUT2D eigenvalue weighted by atomic mass is 9.91. The molecule has 0 amide bonds. The topological polar surface area (TPSA) is 41.8 Å². The van der Waals surface area contributed by atoms with Crippen LogP contribution in [0, 0.1) is 6.92 Å². The minimum Gasteiger partial charge on any atom is -0.361 e. The van der Waals surface area contributed by atoms with Gasteiger partial charge in [-0.05, 0) is 24.1 Å². The molecule has 0 bridgehead atoms. The second-order valence-corrected chi connectivity index (χ2v) is 4.99. The highest BCUT2D eigenvalue weighted by atomic mass is 14.7. The number of aromatic amines is 1. The number of aryl methyl sites for hydroxylation is 1. The first-order chi connectivity index (χ1) is 9.29. The molecule has 1 aromatic heterocycles. The van der Waals surface area contributed by atoms with Crippen molar-refractivity contribution in [1.29, 1.82) is 0 Å². The van der Waals surface area contributed by atoms with Gasteiger partial charge in [0.05, 0.1) is 0 Å². The summed E-state index contributed by atoms with van der Waals surface area (Å²) < 4.78 is 0. The van der Waals surface area contributed by atoms with Crippen LogP contribution in [-0.4, -0.2) is 11.5 Å². The van der Waals surface area contributed by atoms with Crippen LogP contribution in [0.2, 0.25) is 0 Å². The van der Waals surface area contributed by atoms with E-state index in [4.69, 9.17) is 5.73 Å². The number of hydrogen-bond acceptors (Lipinski definition) is 1. The third kappa shape index (κ3) is 2.15. The lowest BCUT2D eigenvalue weighted by Gasteiger charge is -2.15. The Morgan fingerprint density at radius 1 is 1.05 bits per heavy atom. The molecule has 0 saturated heterocycles. The Morgan fingerprint density at radius 2 is 1.79 bits per heavy atom. The van der Waals surface area contributed by atoms with Gasteiger partial charge in [0.15, 0.2) is 0 Å². The predicted octanol–water partition coefficient (Wildman–Crippen LogP) is 3.57. The van der Waals surface area contributed by atoms with E-state index in [-0.39, 0.29) is 5.92 Å². The summed E-state index contributed by atoms with van der Waals surface area (Å²) in [7, 11) is 0. The number of H-pyrrole nitrogens is 1. The first-order valence-electron chi connectivity index (χ1n) is 6.62. The van der Waals surface area contributed by atoms with Crippen LogP contribution in [0.15, 0.2) is 54.7 Å². The van der Waals surface area contributed by atoms with E-state index in [1.807, 2.05) is 6.07 Å². The van der Waals surface area contributed by atoms with E-state index in [1.165, 1.54) is 27.6 Å². The van der Waals surface area contributed by atoms with Crippen molar-refractivity contribution in [3.63, 3.8) is 0 Å². The summed E-state index contributed by atoms with van der Waals surface area (Å²) in [6, 6.07) is 17.0.